The van der Waals surface area contributed by atoms with Gasteiger partial charge in [0.25, 0.3) is 5.91 Å². The van der Waals surface area contributed by atoms with Crippen molar-refractivity contribution in [1.82, 2.24) is 10.2 Å². The molecule has 164 valence electrons. The van der Waals surface area contributed by atoms with Crippen molar-refractivity contribution in [3.8, 4) is 0 Å². The molecule has 0 saturated carbocycles. The predicted octanol–water partition coefficient (Wildman–Crippen LogP) is 5.92. The van der Waals surface area contributed by atoms with Gasteiger partial charge < -0.3 is 4.42 Å². The first kappa shape index (κ1) is 23.0. The van der Waals surface area contributed by atoms with Gasteiger partial charge in [-0.25, -0.2) is 8.42 Å². The molecule has 4 rings (SSSR count). The summed E-state index contributed by atoms with van der Waals surface area (Å²) in [6.07, 6.45) is 0. The molecule has 12 heteroatoms. The van der Waals surface area contributed by atoms with Gasteiger partial charge in [0.2, 0.25) is 20.1 Å². The molecular weight excluding hydrogens is 558 g/mol. The van der Waals surface area contributed by atoms with Gasteiger partial charge >= 0.3 is 0 Å². The van der Waals surface area contributed by atoms with E-state index in [4.69, 9.17) is 16.0 Å². The van der Waals surface area contributed by atoms with Crippen LogP contribution in [0, 0.1) is 0 Å². The maximum Gasteiger partial charge on any atom is 0.293 e. The molecule has 0 spiro atoms. The van der Waals surface area contributed by atoms with Crippen molar-refractivity contribution in [3.05, 3.63) is 81.5 Å². The van der Waals surface area contributed by atoms with Crippen molar-refractivity contribution in [1.29, 1.82) is 0 Å². The van der Waals surface area contributed by atoms with Gasteiger partial charge in [-0.15, -0.1) is 10.2 Å². The van der Waals surface area contributed by atoms with Gasteiger partial charge in [-0.1, -0.05) is 62.8 Å². The van der Waals surface area contributed by atoms with Crippen LogP contribution in [0.2, 0.25) is 5.02 Å². The summed E-state index contributed by atoms with van der Waals surface area (Å²) < 4.78 is 32.1. The number of furan rings is 1. The Kier molecular flexibility index (Phi) is 7.01. The fourth-order valence-corrected chi connectivity index (χ4v) is 5.79. The SMILES string of the molecule is O=C(Nc1nnc(SCc2ccc(Cl)cc2)s1)c1ccc(S(=O)(=O)c2ccc(Br)cc2)o1. The van der Waals surface area contributed by atoms with Crippen molar-refractivity contribution in [2.45, 2.75) is 20.1 Å². The summed E-state index contributed by atoms with van der Waals surface area (Å²) in [6.45, 7) is 0. The number of aromatic nitrogens is 2. The van der Waals surface area contributed by atoms with E-state index >= 15 is 0 Å². The number of hydrogen-bond donors (Lipinski definition) is 1. The van der Waals surface area contributed by atoms with Crippen LogP contribution in [0.5, 0.6) is 0 Å². The molecule has 0 aliphatic carbocycles. The van der Waals surface area contributed by atoms with E-state index in [9.17, 15) is 13.2 Å². The quantitative estimate of drug-likeness (QED) is 0.217. The van der Waals surface area contributed by atoms with E-state index in [1.165, 1.54) is 47.4 Å². The first-order chi connectivity index (χ1) is 15.3. The van der Waals surface area contributed by atoms with Crippen molar-refractivity contribution < 1.29 is 17.6 Å². The number of amides is 1. The lowest BCUT2D eigenvalue weighted by atomic mass is 10.2. The smallest absolute Gasteiger partial charge is 0.293 e. The lowest BCUT2D eigenvalue weighted by Gasteiger charge is -2.01. The predicted molar refractivity (Wildman–Crippen MR) is 127 cm³/mol. The minimum absolute atomic E-state index is 0.0634. The zero-order valence-corrected chi connectivity index (χ0v) is 20.8. The van der Waals surface area contributed by atoms with Crippen LogP contribution in [-0.4, -0.2) is 24.5 Å². The van der Waals surface area contributed by atoms with Crippen LogP contribution in [0.1, 0.15) is 16.1 Å². The van der Waals surface area contributed by atoms with Gasteiger partial charge in [-0.2, -0.15) is 0 Å². The minimum Gasteiger partial charge on any atom is -0.439 e. The second kappa shape index (κ2) is 9.75. The van der Waals surface area contributed by atoms with E-state index in [2.05, 4.69) is 31.4 Å². The van der Waals surface area contributed by atoms with Gasteiger partial charge in [-0.05, 0) is 54.1 Å². The van der Waals surface area contributed by atoms with E-state index in [0.717, 1.165) is 10.0 Å². The molecule has 2 aromatic heterocycles. The van der Waals surface area contributed by atoms with E-state index in [0.29, 0.717) is 15.1 Å². The number of halogens is 2. The molecule has 0 bridgehead atoms. The summed E-state index contributed by atoms with van der Waals surface area (Å²) in [4.78, 5) is 12.5. The number of rotatable bonds is 7. The van der Waals surface area contributed by atoms with E-state index in [-0.39, 0.29) is 20.9 Å². The Balaban J connectivity index is 1.40. The zero-order chi connectivity index (χ0) is 22.7. The minimum atomic E-state index is -3.88. The van der Waals surface area contributed by atoms with Crippen LogP contribution in [-0.2, 0) is 15.6 Å². The van der Waals surface area contributed by atoms with E-state index in [1.807, 2.05) is 24.3 Å². The fourth-order valence-electron chi connectivity index (χ4n) is 2.52. The number of nitrogens with one attached hydrogen (secondary N) is 1. The Bertz CT molecular complexity index is 1350. The van der Waals surface area contributed by atoms with Gasteiger partial charge in [0.15, 0.2) is 10.1 Å². The summed E-state index contributed by atoms with van der Waals surface area (Å²) >= 11 is 11.8. The molecular formula is C20H13BrClN3O4S3. The molecule has 2 heterocycles. The van der Waals surface area contributed by atoms with Gasteiger partial charge in [0.1, 0.15) is 0 Å². The van der Waals surface area contributed by atoms with Crippen LogP contribution in [0.25, 0.3) is 0 Å². The van der Waals surface area contributed by atoms with Crippen LogP contribution < -0.4 is 5.32 Å². The molecule has 0 unspecified atom stereocenters. The first-order valence-corrected chi connectivity index (χ1v) is 13.4. The summed E-state index contributed by atoms with van der Waals surface area (Å²) in [5.41, 5.74) is 1.08. The number of carbonyl (C=O) groups excluding carboxylic acids is 1. The summed E-state index contributed by atoms with van der Waals surface area (Å²) in [6, 6.07) is 16.2. The highest BCUT2D eigenvalue weighted by atomic mass is 79.9. The fraction of sp³-hybridized carbons (Fsp3) is 0.0500. The van der Waals surface area contributed by atoms with Crippen LogP contribution >= 0.6 is 50.6 Å². The Morgan fingerprint density at radius 1 is 1.06 bits per heavy atom. The number of thioether (sulfide) groups is 1. The molecule has 0 aliphatic heterocycles. The van der Waals surface area contributed by atoms with Crippen molar-refractivity contribution in [2.75, 3.05) is 5.32 Å². The number of anilines is 1. The molecule has 0 fully saturated rings. The standard InChI is InChI=1S/C20H13BrClN3O4S3/c21-13-3-7-15(8-4-13)32(27,28)17-10-9-16(29-17)18(26)23-19-24-25-20(31-19)30-11-12-1-5-14(22)6-2-12/h1-10H,11H2,(H,23,24,26). The Morgan fingerprint density at radius 3 is 2.50 bits per heavy atom. The third kappa shape index (κ3) is 5.41. The highest BCUT2D eigenvalue weighted by Crippen LogP contribution is 2.29. The van der Waals surface area contributed by atoms with Crippen LogP contribution in [0.15, 0.2) is 83.9 Å². The molecule has 2 aromatic carbocycles. The maximum atomic E-state index is 12.7. The second-order valence-corrected chi connectivity index (χ2v) is 11.8. The Morgan fingerprint density at radius 2 is 1.78 bits per heavy atom. The van der Waals surface area contributed by atoms with Crippen LogP contribution in [0.4, 0.5) is 5.13 Å². The monoisotopic (exact) mass is 569 g/mol. The topological polar surface area (TPSA) is 102 Å². The first-order valence-electron chi connectivity index (χ1n) is 8.94. The Hall–Kier alpha value is -2.18. The third-order valence-corrected chi connectivity index (χ3v) is 8.56. The number of carbonyl (C=O) groups is 1. The summed E-state index contributed by atoms with van der Waals surface area (Å²) in [7, 11) is -3.88. The summed E-state index contributed by atoms with van der Waals surface area (Å²) in [5.74, 6) is -0.0891. The number of benzene rings is 2. The number of hydrogen-bond acceptors (Lipinski definition) is 8. The molecule has 0 atom stereocenters. The molecule has 32 heavy (non-hydrogen) atoms. The molecule has 7 nitrogen and oxygen atoms in total. The molecule has 1 N–H and O–H groups in total. The van der Waals surface area contributed by atoms with Crippen molar-refractivity contribution >= 4 is 71.5 Å². The second-order valence-electron chi connectivity index (χ2n) is 6.32. The highest BCUT2D eigenvalue weighted by molar-refractivity contribution is 9.10. The largest absolute Gasteiger partial charge is 0.439 e. The van der Waals surface area contributed by atoms with E-state index in [1.54, 1.807) is 12.1 Å². The Labute approximate surface area is 205 Å². The van der Waals surface area contributed by atoms with Crippen molar-refractivity contribution in [3.63, 3.8) is 0 Å². The molecule has 0 radical (unpaired) electrons. The molecule has 0 aliphatic rings. The van der Waals surface area contributed by atoms with Crippen LogP contribution in [0.3, 0.4) is 0 Å². The third-order valence-electron chi connectivity index (χ3n) is 4.10. The molecule has 0 saturated heterocycles. The molecule has 4 aromatic rings. The average Bonchev–Trinajstić information content (AvgIpc) is 3.44. The normalized spacial score (nSPS) is 11.4. The number of nitrogens with zero attached hydrogens (tertiary/aromatic N) is 2. The van der Waals surface area contributed by atoms with Gasteiger partial charge in [0.05, 0.1) is 4.90 Å². The number of sulfone groups is 1. The highest BCUT2D eigenvalue weighted by Gasteiger charge is 2.24. The van der Waals surface area contributed by atoms with E-state index < -0.39 is 15.7 Å². The lowest BCUT2D eigenvalue weighted by Crippen LogP contribution is -2.10. The average molecular weight is 571 g/mol. The summed E-state index contributed by atoms with van der Waals surface area (Å²) in [5, 5.41) is 11.2. The van der Waals surface area contributed by atoms with Gasteiger partial charge in [0, 0.05) is 15.2 Å². The van der Waals surface area contributed by atoms with Gasteiger partial charge in [-0.3, -0.25) is 10.1 Å². The maximum absolute atomic E-state index is 12.7. The van der Waals surface area contributed by atoms with Crippen molar-refractivity contribution in [2.24, 2.45) is 0 Å². The zero-order valence-electron chi connectivity index (χ0n) is 16.0. The lowest BCUT2D eigenvalue weighted by molar-refractivity contribution is 0.0991. The molecule has 1 amide bonds.